The molecular weight excluding hydrogens is 467 g/mol. The summed E-state index contributed by atoms with van der Waals surface area (Å²) >= 11 is 19.9. The Hall–Kier alpha value is -1.47. The van der Waals surface area contributed by atoms with Crippen LogP contribution in [0.2, 0.25) is 0 Å². The third-order valence-corrected chi connectivity index (χ3v) is 6.72. The van der Waals surface area contributed by atoms with E-state index >= 15 is 0 Å². The monoisotopic (exact) mass is 488 g/mol. The molecule has 1 aromatic heterocycles. The van der Waals surface area contributed by atoms with Gasteiger partial charge in [-0.2, -0.15) is 0 Å². The van der Waals surface area contributed by atoms with E-state index in [4.69, 9.17) is 39.5 Å². The maximum Gasteiger partial charge on any atom is 0.341 e. The van der Waals surface area contributed by atoms with E-state index in [1.807, 2.05) is 19.1 Å². The molecule has 5 nitrogen and oxygen atoms in total. The third-order valence-electron chi connectivity index (χ3n) is 4.84. The normalized spacial score (nSPS) is 14.6. The highest BCUT2D eigenvalue weighted by Crippen LogP contribution is 2.40. The first-order valence-electron chi connectivity index (χ1n) is 9.73. The summed E-state index contributed by atoms with van der Waals surface area (Å²) in [5, 5.41) is 6.36. The molecule has 30 heavy (non-hydrogen) atoms. The Labute approximate surface area is 195 Å². The Morgan fingerprint density at radius 1 is 1.17 bits per heavy atom. The second kappa shape index (κ2) is 9.77. The van der Waals surface area contributed by atoms with Gasteiger partial charge < -0.3 is 15.4 Å². The molecule has 0 saturated carbocycles. The molecule has 1 aliphatic rings. The second-order valence-corrected chi connectivity index (χ2v) is 10.6. The van der Waals surface area contributed by atoms with Crippen molar-refractivity contribution < 1.29 is 14.3 Å². The minimum Gasteiger partial charge on any atom is -0.462 e. The lowest BCUT2D eigenvalue weighted by Gasteiger charge is -2.27. The molecule has 0 unspecified atom stereocenters. The van der Waals surface area contributed by atoms with Gasteiger partial charge >= 0.3 is 5.97 Å². The predicted molar refractivity (Wildman–Crippen MR) is 123 cm³/mol. The minimum absolute atomic E-state index is 0.265. The van der Waals surface area contributed by atoms with Gasteiger partial charge in [0.1, 0.15) is 11.2 Å². The molecule has 1 heterocycles. The van der Waals surface area contributed by atoms with Crippen LogP contribution in [0, 0.1) is 6.92 Å². The highest BCUT2D eigenvalue weighted by Gasteiger charge is 2.37. The summed E-state index contributed by atoms with van der Waals surface area (Å²) in [6, 6.07) is 7.07. The molecule has 0 bridgehead atoms. The smallest absolute Gasteiger partial charge is 0.341 e. The van der Waals surface area contributed by atoms with Crippen molar-refractivity contribution in [1.29, 1.82) is 0 Å². The first-order valence-corrected chi connectivity index (χ1v) is 11.7. The van der Waals surface area contributed by atoms with Gasteiger partial charge in [-0.3, -0.25) is 4.79 Å². The number of thiophene rings is 1. The topological polar surface area (TPSA) is 67.4 Å². The van der Waals surface area contributed by atoms with E-state index in [9.17, 15) is 9.59 Å². The summed E-state index contributed by atoms with van der Waals surface area (Å²) in [6.45, 7) is 3.96. The third kappa shape index (κ3) is 5.41. The van der Waals surface area contributed by atoms with Crippen LogP contribution >= 0.6 is 46.1 Å². The molecule has 0 saturated heterocycles. The number of aryl methyl sites for hydroxylation is 2. The number of nitrogens with one attached hydrogen (secondary N) is 2. The number of esters is 1. The van der Waals surface area contributed by atoms with Gasteiger partial charge in [-0.25, -0.2) is 4.79 Å². The Bertz CT molecular complexity index is 923. The number of anilines is 1. The number of ether oxygens (including phenoxy) is 1. The number of carbonyl (C=O) groups excluding carboxylic acids is 2. The molecule has 2 aromatic rings. The first-order chi connectivity index (χ1) is 14.2. The SMILES string of the molecule is CCOC(=O)c1c(N[C@H](NC(=O)c2ccc(C)cc2)C(Cl)(Cl)Cl)sc2c1CCCC2. The number of amides is 1. The van der Waals surface area contributed by atoms with Gasteiger partial charge in [0.05, 0.1) is 12.2 Å². The van der Waals surface area contributed by atoms with Crippen molar-refractivity contribution in [3.8, 4) is 0 Å². The summed E-state index contributed by atoms with van der Waals surface area (Å²) in [5.41, 5.74) is 2.93. The number of rotatable bonds is 6. The lowest BCUT2D eigenvalue weighted by atomic mass is 9.95. The van der Waals surface area contributed by atoms with E-state index in [1.165, 1.54) is 11.3 Å². The molecule has 1 aromatic carbocycles. The number of carbonyl (C=O) groups is 2. The lowest BCUT2D eigenvalue weighted by molar-refractivity contribution is 0.0526. The summed E-state index contributed by atoms with van der Waals surface area (Å²) < 4.78 is 3.41. The van der Waals surface area contributed by atoms with Crippen LogP contribution in [0.25, 0.3) is 0 Å². The molecule has 0 radical (unpaired) electrons. The highest BCUT2D eigenvalue weighted by atomic mass is 35.6. The van der Waals surface area contributed by atoms with Gasteiger partial charge in [0, 0.05) is 10.4 Å². The molecule has 1 atom stereocenters. The van der Waals surface area contributed by atoms with Crippen LogP contribution in [0.15, 0.2) is 24.3 Å². The fourth-order valence-electron chi connectivity index (χ4n) is 3.34. The fraction of sp³-hybridized carbons (Fsp3) is 0.429. The van der Waals surface area contributed by atoms with Crippen molar-refractivity contribution in [2.24, 2.45) is 0 Å². The Balaban J connectivity index is 1.90. The maximum atomic E-state index is 12.7. The fourth-order valence-corrected chi connectivity index (χ4v) is 4.97. The minimum atomic E-state index is -1.85. The van der Waals surface area contributed by atoms with E-state index in [1.54, 1.807) is 19.1 Å². The number of hydrogen-bond donors (Lipinski definition) is 2. The van der Waals surface area contributed by atoms with E-state index < -0.39 is 21.8 Å². The molecule has 1 amide bonds. The Morgan fingerprint density at radius 3 is 2.47 bits per heavy atom. The number of halogens is 3. The van der Waals surface area contributed by atoms with Crippen LogP contribution in [0.5, 0.6) is 0 Å². The molecule has 3 rings (SSSR count). The highest BCUT2D eigenvalue weighted by molar-refractivity contribution is 7.16. The molecule has 1 aliphatic carbocycles. The van der Waals surface area contributed by atoms with Crippen molar-refractivity contribution in [1.82, 2.24) is 5.32 Å². The summed E-state index contributed by atoms with van der Waals surface area (Å²) in [7, 11) is 0. The summed E-state index contributed by atoms with van der Waals surface area (Å²) in [4.78, 5) is 26.5. The molecule has 0 aliphatic heterocycles. The molecule has 0 spiro atoms. The van der Waals surface area contributed by atoms with Gasteiger partial charge in [0.15, 0.2) is 0 Å². The van der Waals surface area contributed by atoms with Crippen LogP contribution in [-0.2, 0) is 17.6 Å². The van der Waals surface area contributed by atoms with Crippen LogP contribution in [0.3, 0.4) is 0 Å². The van der Waals surface area contributed by atoms with E-state index in [0.717, 1.165) is 41.7 Å². The zero-order valence-electron chi connectivity index (χ0n) is 16.7. The Morgan fingerprint density at radius 2 is 1.83 bits per heavy atom. The van der Waals surface area contributed by atoms with Crippen molar-refractivity contribution in [3.05, 3.63) is 51.4 Å². The van der Waals surface area contributed by atoms with Crippen molar-refractivity contribution in [3.63, 3.8) is 0 Å². The van der Waals surface area contributed by atoms with Gasteiger partial charge in [-0.05, 0) is 57.2 Å². The first kappa shape index (κ1) is 23.2. The maximum absolute atomic E-state index is 12.7. The lowest BCUT2D eigenvalue weighted by Crippen LogP contribution is -2.49. The molecular formula is C21H23Cl3N2O3S. The van der Waals surface area contributed by atoms with Crippen LogP contribution in [-0.4, -0.2) is 28.4 Å². The number of hydrogen-bond acceptors (Lipinski definition) is 5. The zero-order chi connectivity index (χ0) is 21.9. The van der Waals surface area contributed by atoms with E-state index in [-0.39, 0.29) is 6.61 Å². The van der Waals surface area contributed by atoms with Crippen LogP contribution in [0.4, 0.5) is 5.00 Å². The second-order valence-electron chi connectivity index (χ2n) is 7.09. The molecule has 0 fully saturated rings. The van der Waals surface area contributed by atoms with Crippen molar-refractivity contribution in [2.45, 2.75) is 49.5 Å². The quantitative estimate of drug-likeness (QED) is 0.312. The number of alkyl halides is 3. The van der Waals surface area contributed by atoms with Gasteiger partial charge in [-0.1, -0.05) is 52.5 Å². The van der Waals surface area contributed by atoms with Gasteiger partial charge in [-0.15, -0.1) is 11.3 Å². The van der Waals surface area contributed by atoms with E-state index in [2.05, 4.69) is 10.6 Å². The summed E-state index contributed by atoms with van der Waals surface area (Å²) in [5.74, 6) is -0.801. The number of benzene rings is 1. The van der Waals surface area contributed by atoms with Crippen LogP contribution in [0.1, 0.15) is 56.5 Å². The van der Waals surface area contributed by atoms with Gasteiger partial charge in [0.25, 0.3) is 5.91 Å². The standard InChI is InChI=1S/C21H23Cl3N2O3S/c1-3-29-19(28)16-14-6-4-5-7-15(14)30-18(16)26-20(21(22,23)24)25-17(27)13-10-8-12(2)9-11-13/h8-11,20,26H,3-7H2,1-2H3,(H,25,27)/t20-/m0/s1. The molecule has 9 heteroatoms. The largest absolute Gasteiger partial charge is 0.462 e. The van der Waals surface area contributed by atoms with Crippen molar-refractivity contribution in [2.75, 3.05) is 11.9 Å². The van der Waals surface area contributed by atoms with E-state index in [0.29, 0.717) is 16.1 Å². The predicted octanol–water partition coefficient (Wildman–Crippen LogP) is 5.65. The van der Waals surface area contributed by atoms with Crippen LogP contribution < -0.4 is 10.6 Å². The average molecular weight is 490 g/mol. The molecule has 162 valence electrons. The molecule has 2 N–H and O–H groups in total. The zero-order valence-corrected chi connectivity index (χ0v) is 19.8. The Kier molecular flexibility index (Phi) is 7.56. The number of fused-ring (bicyclic) bond motifs is 1. The van der Waals surface area contributed by atoms with Crippen molar-refractivity contribution >= 4 is 63.0 Å². The van der Waals surface area contributed by atoms with Gasteiger partial charge in [0.2, 0.25) is 3.79 Å². The average Bonchev–Trinajstić information content (AvgIpc) is 3.05. The summed E-state index contributed by atoms with van der Waals surface area (Å²) in [6.07, 6.45) is 2.71.